The summed E-state index contributed by atoms with van der Waals surface area (Å²) < 4.78 is 11.2. The zero-order valence-electron chi connectivity index (χ0n) is 18.1. The summed E-state index contributed by atoms with van der Waals surface area (Å²) in [6, 6.07) is 6.49. The van der Waals surface area contributed by atoms with Gasteiger partial charge in [-0.15, -0.1) is 11.6 Å². The fourth-order valence-electron chi connectivity index (χ4n) is 5.37. The number of aromatic nitrogens is 1. The van der Waals surface area contributed by atoms with Gasteiger partial charge in [-0.05, 0) is 37.1 Å². The first-order valence-corrected chi connectivity index (χ1v) is 11.8. The van der Waals surface area contributed by atoms with E-state index in [0.717, 1.165) is 31.2 Å². The number of pyridine rings is 1. The summed E-state index contributed by atoms with van der Waals surface area (Å²) in [4.78, 5) is 44.3. The van der Waals surface area contributed by atoms with Crippen molar-refractivity contribution in [3.63, 3.8) is 0 Å². The number of fused-ring (bicyclic) bond motifs is 1. The summed E-state index contributed by atoms with van der Waals surface area (Å²) in [5.41, 5.74) is 0.768. The first-order chi connectivity index (χ1) is 16.0. The molecule has 1 N–H and O–H groups in total. The SMILES string of the molecule is O=C(NCC(=O)[C@H]1CCCCC1N1C[C@H](Cl)[C@H]2OCC(=O)[C@H]21)c1ccc(-c2cccnc2)o1. The van der Waals surface area contributed by atoms with E-state index in [1.807, 2.05) is 6.07 Å². The van der Waals surface area contributed by atoms with Crippen LogP contribution in [0.5, 0.6) is 0 Å². The van der Waals surface area contributed by atoms with Gasteiger partial charge in [0.2, 0.25) is 0 Å². The van der Waals surface area contributed by atoms with E-state index in [4.69, 9.17) is 20.8 Å². The Bertz CT molecular complexity index is 1040. The van der Waals surface area contributed by atoms with Crippen molar-refractivity contribution in [3.05, 3.63) is 42.4 Å². The second kappa shape index (κ2) is 9.37. The number of rotatable bonds is 6. The maximum Gasteiger partial charge on any atom is 0.287 e. The monoisotopic (exact) mass is 471 g/mol. The Morgan fingerprint density at radius 3 is 2.88 bits per heavy atom. The molecular weight excluding hydrogens is 446 g/mol. The standard InChI is InChI=1S/C24H26ClN3O5/c25-16-12-28(22-19(30)13-32-23(16)22)17-6-2-1-5-15(17)18(29)11-27-24(31)21-8-7-20(33-21)14-4-3-9-26-10-14/h3-4,7-10,15-17,22-23H,1-2,5-6,11-13H2,(H,27,31)/t15-,16-,17?,22+,23+/m0/s1. The lowest BCUT2D eigenvalue weighted by Gasteiger charge is -2.39. The van der Waals surface area contributed by atoms with Crippen molar-refractivity contribution in [2.75, 3.05) is 19.7 Å². The predicted molar refractivity (Wildman–Crippen MR) is 120 cm³/mol. The molecule has 5 rings (SSSR count). The largest absolute Gasteiger partial charge is 0.451 e. The number of Topliss-reactive ketones (excluding diaryl/α,β-unsaturated/α-hetero) is 2. The molecule has 0 bridgehead atoms. The Hall–Kier alpha value is -2.55. The molecule has 5 atom stereocenters. The third-order valence-corrected chi connectivity index (χ3v) is 7.31. The van der Waals surface area contributed by atoms with E-state index < -0.39 is 5.91 Å². The normalized spacial score (nSPS) is 29.7. The van der Waals surface area contributed by atoms with Crippen molar-refractivity contribution in [3.8, 4) is 11.3 Å². The van der Waals surface area contributed by atoms with E-state index in [0.29, 0.717) is 12.3 Å². The third-order valence-electron chi connectivity index (χ3n) is 6.93. The number of alkyl halides is 1. The van der Waals surface area contributed by atoms with E-state index in [1.54, 1.807) is 30.6 Å². The Balaban J connectivity index is 1.23. The number of carbonyl (C=O) groups is 3. The molecule has 0 aromatic carbocycles. The van der Waals surface area contributed by atoms with E-state index >= 15 is 0 Å². The maximum atomic E-state index is 13.2. The van der Waals surface area contributed by atoms with Crippen LogP contribution < -0.4 is 5.32 Å². The number of ketones is 2. The number of carbonyl (C=O) groups excluding carboxylic acids is 3. The van der Waals surface area contributed by atoms with Gasteiger partial charge in [0.15, 0.2) is 17.3 Å². The summed E-state index contributed by atoms with van der Waals surface area (Å²) in [6.07, 6.45) is 6.53. The van der Waals surface area contributed by atoms with E-state index in [-0.39, 0.29) is 60.0 Å². The quantitative estimate of drug-likeness (QED) is 0.645. The molecule has 174 valence electrons. The van der Waals surface area contributed by atoms with Crippen LogP contribution >= 0.6 is 11.6 Å². The number of ether oxygens (including phenoxy) is 1. The van der Waals surface area contributed by atoms with Gasteiger partial charge in [0.25, 0.3) is 5.91 Å². The Kier molecular flexibility index (Phi) is 6.32. The van der Waals surface area contributed by atoms with Crippen LogP contribution in [0.3, 0.4) is 0 Å². The van der Waals surface area contributed by atoms with Crippen molar-refractivity contribution in [1.29, 1.82) is 0 Å². The van der Waals surface area contributed by atoms with E-state index in [2.05, 4.69) is 15.2 Å². The maximum absolute atomic E-state index is 13.2. The van der Waals surface area contributed by atoms with Gasteiger partial charge in [0.1, 0.15) is 12.4 Å². The second-order valence-corrected chi connectivity index (χ2v) is 9.47. The zero-order valence-corrected chi connectivity index (χ0v) is 18.9. The molecule has 4 heterocycles. The minimum Gasteiger partial charge on any atom is -0.451 e. The molecule has 3 aliphatic rings. The highest BCUT2D eigenvalue weighted by Crippen LogP contribution is 2.38. The summed E-state index contributed by atoms with van der Waals surface area (Å²) in [5.74, 6) is -0.00843. The molecular formula is C24H26ClN3O5. The van der Waals surface area contributed by atoms with Crippen molar-refractivity contribution in [2.24, 2.45) is 5.92 Å². The molecule has 1 amide bonds. The van der Waals surface area contributed by atoms with Crippen LogP contribution in [0.15, 0.2) is 41.1 Å². The van der Waals surface area contributed by atoms with Gasteiger partial charge in [0, 0.05) is 36.5 Å². The lowest BCUT2D eigenvalue weighted by Crippen LogP contribution is -2.52. The second-order valence-electron chi connectivity index (χ2n) is 8.91. The minimum absolute atomic E-state index is 0.0342. The lowest BCUT2D eigenvalue weighted by molar-refractivity contribution is -0.128. The summed E-state index contributed by atoms with van der Waals surface area (Å²) in [5, 5.41) is 2.44. The Morgan fingerprint density at radius 1 is 1.21 bits per heavy atom. The van der Waals surface area contributed by atoms with Gasteiger partial charge in [-0.3, -0.25) is 24.3 Å². The number of nitrogens with zero attached hydrogens (tertiary/aromatic N) is 2. The molecule has 1 saturated carbocycles. The molecule has 2 aromatic rings. The lowest BCUT2D eigenvalue weighted by atomic mass is 9.80. The molecule has 1 unspecified atom stereocenters. The Labute approximate surface area is 196 Å². The third kappa shape index (κ3) is 4.35. The fourth-order valence-corrected chi connectivity index (χ4v) is 5.74. The van der Waals surface area contributed by atoms with Crippen LogP contribution in [0.2, 0.25) is 0 Å². The molecule has 9 heteroatoms. The molecule has 0 radical (unpaired) electrons. The van der Waals surface area contributed by atoms with Gasteiger partial charge in [-0.1, -0.05) is 12.8 Å². The van der Waals surface area contributed by atoms with Crippen LogP contribution in [0.4, 0.5) is 0 Å². The van der Waals surface area contributed by atoms with Crippen LogP contribution in [0.1, 0.15) is 36.2 Å². The molecule has 0 spiro atoms. The fraction of sp³-hybridized carbons (Fsp3) is 0.500. The number of amides is 1. The highest BCUT2D eigenvalue weighted by atomic mass is 35.5. The topological polar surface area (TPSA) is 102 Å². The van der Waals surface area contributed by atoms with Crippen molar-refractivity contribution in [2.45, 2.75) is 49.2 Å². The average Bonchev–Trinajstić information content (AvgIpc) is 3.56. The van der Waals surface area contributed by atoms with Crippen molar-refractivity contribution in [1.82, 2.24) is 15.2 Å². The number of nitrogens with one attached hydrogen (secondary N) is 1. The average molecular weight is 472 g/mol. The number of furan rings is 1. The number of halogens is 1. The molecule has 2 saturated heterocycles. The number of hydrogen-bond donors (Lipinski definition) is 1. The summed E-state index contributed by atoms with van der Waals surface area (Å²) in [7, 11) is 0. The summed E-state index contributed by atoms with van der Waals surface area (Å²) >= 11 is 6.46. The van der Waals surface area contributed by atoms with Gasteiger partial charge >= 0.3 is 0 Å². The number of hydrogen-bond acceptors (Lipinski definition) is 7. The van der Waals surface area contributed by atoms with Crippen LogP contribution in [-0.4, -0.2) is 70.6 Å². The van der Waals surface area contributed by atoms with E-state index in [1.165, 1.54) is 0 Å². The first kappa shape index (κ1) is 22.3. The highest BCUT2D eigenvalue weighted by Gasteiger charge is 2.53. The Morgan fingerprint density at radius 2 is 2.06 bits per heavy atom. The molecule has 8 nitrogen and oxygen atoms in total. The molecule has 3 fully saturated rings. The van der Waals surface area contributed by atoms with Gasteiger partial charge in [-0.2, -0.15) is 0 Å². The van der Waals surface area contributed by atoms with Crippen LogP contribution in [0, 0.1) is 5.92 Å². The number of likely N-dealkylation sites (tertiary alicyclic amines) is 1. The molecule has 2 aromatic heterocycles. The molecule has 33 heavy (non-hydrogen) atoms. The smallest absolute Gasteiger partial charge is 0.287 e. The highest BCUT2D eigenvalue weighted by molar-refractivity contribution is 6.22. The van der Waals surface area contributed by atoms with Gasteiger partial charge in [0.05, 0.1) is 24.1 Å². The molecule has 1 aliphatic carbocycles. The van der Waals surface area contributed by atoms with E-state index in [9.17, 15) is 14.4 Å². The zero-order chi connectivity index (χ0) is 22.9. The molecule has 2 aliphatic heterocycles. The van der Waals surface area contributed by atoms with Gasteiger partial charge in [-0.25, -0.2) is 0 Å². The van der Waals surface area contributed by atoms with Crippen molar-refractivity contribution >= 4 is 29.1 Å². The first-order valence-electron chi connectivity index (χ1n) is 11.4. The van der Waals surface area contributed by atoms with Gasteiger partial charge < -0.3 is 14.5 Å². The van der Waals surface area contributed by atoms with Crippen LogP contribution in [-0.2, 0) is 14.3 Å². The predicted octanol–water partition coefficient (Wildman–Crippen LogP) is 2.46. The minimum atomic E-state index is -0.438. The summed E-state index contributed by atoms with van der Waals surface area (Å²) in [6.45, 7) is 0.535. The van der Waals surface area contributed by atoms with Crippen molar-refractivity contribution < 1.29 is 23.5 Å². The van der Waals surface area contributed by atoms with Crippen LogP contribution in [0.25, 0.3) is 11.3 Å².